The quantitative estimate of drug-likeness (QED) is 0.497. The molecule has 0 radical (unpaired) electrons. The summed E-state index contributed by atoms with van der Waals surface area (Å²) in [7, 11) is 4.08. The summed E-state index contributed by atoms with van der Waals surface area (Å²) >= 11 is 0. The summed E-state index contributed by atoms with van der Waals surface area (Å²) in [5, 5.41) is 0. The zero-order valence-corrected chi connectivity index (χ0v) is 11.4. The smallest absolute Gasteiger partial charge is 0.124 e. The standard InChI is InChI=1S/C15H23NO/c1-6-14(3)15(12-16(4)5)9-7-8-13(2)10-11-17/h6-9,11H,1,10,12H2,2-5H3/b9-7-,13-8+,15-14-. The summed E-state index contributed by atoms with van der Waals surface area (Å²) < 4.78 is 0. The molecule has 0 saturated carbocycles. The van der Waals surface area contributed by atoms with Crippen molar-refractivity contribution in [3.05, 3.63) is 47.6 Å². The Morgan fingerprint density at radius 3 is 2.41 bits per heavy atom. The fraction of sp³-hybridized carbons (Fsp3) is 0.400. The predicted octanol–water partition coefficient (Wildman–Crippen LogP) is 3.14. The van der Waals surface area contributed by atoms with Crippen molar-refractivity contribution in [2.75, 3.05) is 20.6 Å². The molecule has 0 aromatic rings. The van der Waals surface area contributed by atoms with Crippen LogP contribution in [0.4, 0.5) is 0 Å². The van der Waals surface area contributed by atoms with E-state index in [4.69, 9.17) is 0 Å². The number of allylic oxidation sites excluding steroid dienone is 5. The van der Waals surface area contributed by atoms with E-state index < -0.39 is 0 Å². The highest BCUT2D eigenvalue weighted by Crippen LogP contribution is 2.09. The first-order valence-electron chi connectivity index (χ1n) is 5.75. The van der Waals surface area contributed by atoms with E-state index in [2.05, 4.69) is 24.5 Å². The molecule has 0 atom stereocenters. The molecular formula is C15H23NO. The number of hydrogen-bond acceptors (Lipinski definition) is 2. The first kappa shape index (κ1) is 15.6. The number of hydrogen-bond donors (Lipinski definition) is 0. The lowest BCUT2D eigenvalue weighted by atomic mass is 10.1. The first-order valence-corrected chi connectivity index (χ1v) is 5.75. The van der Waals surface area contributed by atoms with Gasteiger partial charge < -0.3 is 9.69 Å². The zero-order valence-electron chi connectivity index (χ0n) is 11.4. The van der Waals surface area contributed by atoms with Crippen molar-refractivity contribution >= 4 is 6.29 Å². The zero-order chi connectivity index (χ0) is 13.3. The highest BCUT2D eigenvalue weighted by Gasteiger charge is 1.98. The van der Waals surface area contributed by atoms with Crippen LogP contribution >= 0.6 is 0 Å². The van der Waals surface area contributed by atoms with Gasteiger partial charge in [-0.2, -0.15) is 0 Å². The van der Waals surface area contributed by atoms with Crippen molar-refractivity contribution in [3.63, 3.8) is 0 Å². The second-order valence-corrected chi connectivity index (χ2v) is 4.39. The lowest BCUT2D eigenvalue weighted by molar-refractivity contribution is -0.107. The van der Waals surface area contributed by atoms with Gasteiger partial charge in [-0.15, -0.1) is 0 Å². The molecule has 0 heterocycles. The number of aldehydes is 1. The second-order valence-electron chi connectivity index (χ2n) is 4.39. The van der Waals surface area contributed by atoms with Crippen LogP contribution in [0.15, 0.2) is 47.6 Å². The van der Waals surface area contributed by atoms with Gasteiger partial charge >= 0.3 is 0 Å². The third-order valence-corrected chi connectivity index (χ3v) is 2.38. The maximum Gasteiger partial charge on any atom is 0.124 e. The van der Waals surface area contributed by atoms with Gasteiger partial charge in [-0.25, -0.2) is 0 Å². The van der Waals surface area contributed by atoms with Gasteiger partial charge in [-0.1, -0.05) is 36.5 Å². The molecule has 0 amide bonds. The predicted molar refractivity (Wildman–Crippen MR) is 75.0 cm³/mol. The van der Waals surface area contributed by atoms with E-state index in [0.717, 1.165) is 18.4 Å². The number of nitrogens with zero attached hydrogens (tertiary/aromatic N) is 1. The van der Waals surface area contributed by atoms with Crippen LogP contribution in [0.5, 0.6) is 0 Å². The van der Waals surface area contributed by atoms with Crippen LogP contribution in [-0.2, 0) is 4.79 Å². The maximum atomic E-state index is 10.3. The summed E-state index contributed by atoms with van der Waals surface area (Å²) in [5.41, 5.74) is 3.48. The maximum absolute atomic E-state index is 10.3. The minimum Gasteiger partial charge on any atom is -0.305 e. The van der Waals surface area contributed by atoms with Gasteiger partial charge in [0.25, 0.3) is 0 Å². The van der Waals surface area contributed by atoms with E-state index in [1.165, 1.54) is 11.1 Å². The monoisotopic (exact) mass is 233 g/mol. The normalized spacial score (nSPS) is 14.1. The fourth-order valence-electron chi connectivity index (χ4n) is 1.31. The third-order valence-electron chi connectivity index (χ3n) is 2.38. The summed E-state index contributed by atoms with van der Waals surface area (Å²) in [4.78, 5) is 12.4. The Bertz CT molecular complexity index is 346. The van der Waals surface area contributed by atoms with E-state index >= 15 is 0 Å². The molecule has 0 aliphatic rings. The molecule has 0 rings (SSSR count). The van der Waals surface area contributed by atoms with Crippen LogP contribution < -0.4 is 0 Å². The topological polar surface area (TPSA) is 20.3 Å². The van der Waals surface area contributed by atoms with Crippen molar-refractivity contribution in [2.24, 2.45) is 0 Å². The molecule has 17 heavy (non-hydrogen) atoms. The van der Waals surface area contributed by atoms with Gasteiger partial charge in [-0.05, 0) is 39.1 Å². The van der Waals surface area contributed by atoms with Gasteiger partial charge in [-0.3, -0.25) is 0 Å². The molecule has 2 nitrogen and oxygen atoms in total. The van der Waals surface area contributed by atoms with Gasteiger partial charge in [0.2, 0.25) is 0 Å². The van der Waals surface area contributed by atoms with E-state index in [-0.39, 0.29) is 0 Å². The minimum absolute atomic E-state index is 0.498. The highest BCUT2D eigenvalue weighted by atomic mass is 16.1. The largest absolute Gasteiger partial charge is 0.305 e. The molecular weight excluding hydrogens is 210 g/mol. The summed E-state index contributed by atoms with van der Waals surface area (Å²) in [5.74, 6) is 0. The van der Waals surface area contributed by atoms with Crippen molar-refractivity contribution in [1.82, 2.24) is 4.90 Å². The van der Waals surface area contributed by atoms with Crippen molar-refractivity contribution < 1.29 is 4.79 Å². The van der Waals surface area contributed by atoms with Crippen molar-refractivity contribution in [3.8, 4) is 0 Å². The van der Waals surface area contributed by atoms with Gasteiger partial charge in [0, 0.05) is 13.0 Å². The summed E-state index contributed by atoms with van der Waals surface area (Å²) in [6.45, 7) is 8.68. The molecule has 0 N–H and O–H groups in total. The number of carbonyl (C=O) groups is 1. The van der Waals surface area contributed by atoms with E-state index in [1.807, 2.05) is 39.2 Å². The Hall–Kier alpha value is -1.41. The molecule has 0 bridgehead atoms. The van der Waals surface area contributed by atoms with Crippen LogP contribution in [0, 0.1) is 0 Å². The molecule has 0 saturated heterocycles. The first-order chi connectivity index (χ1) is 8.01. The average molecular weight is 233 g/mol. The minimum atomic E-state index is 0.498. The third kappa shape index (κ3) is 7.47. The van der Waals surface area contributed by atoms with Crippen LogP contribution in [0.2, 0.25) is 0 Å². The Morgan fingerprint density at radius 2 is 1.94 bits per heavy atom. The molecule has 2 heteroatoms. The molecule has 94 valence electrons. The second kappa shape index (κ2) is 8.71. The molecule has 0 spiro atoms. The summed E-state index contributed by atoms with van der Waals surface area (Å²) in [6.07, 6.45) is 9.32. The lowest BCUT2D eigenvalue weighted by Gasteiger charge is -2.12. The Kier molecular flexibility index (Phi) is 7.99. The molecule has 0 aliphatic carbocycles. The Balaban J connectivity index is 4.77. The average Bonchev–Trinajstić information content (AvgIpc) is 2.26. The molecule has 0 unspecified atom stereocenters. The van der Waals surface area contributed by atoms with E-state index in [9.17, 15) is 4.79 Å². The number of rotatable bonds is 7. The SMILES string of the molecule is C=C/C(C)=C(/C=C\C=C(/C)CC=O)CN(C)C. The Labute approximate surface area is 105 Å². The van der Waals surface area contributed by atoms with Gasteiger partial charge in [0.1, 0.15) is 6.29 Å². The van der Waals surface area contributed by atoms with Crippen LogP contribution in [-0.4, -0.2) is 31.8 Å². The van der Waals surface area contributed by atoms with Crippen LogP contribution in [0.1, 0.15) is 20.3 Å². The Morgan fingerprint density at radius 1 is 1.29 bits per heavy atom. The van der Waals surface area contributed by atoms with Crippen molar-refractivity contribution in [2.45, 2.75) is 20.3 Å². The van der Waals surface area contributed by atoms with Gasteiger partial charge in [0.05, 0.1) is 0 Å². The molecule has 0 fully saturated rings. The lowest BCUT2D eigenvalue weighted by Crippen LogP contribution is -2.15. The summed E-state index contributed by atoms with van der Waals surface area (Å²) in [6, 6.07) is 0. The number of carbonyl (C=O) groups excluding carboxylic acids is 1. The molecule has 0 aromatic carbocycles. The van der Waals surface area contributed by atoms with E-state index in [0.29, 0.717) is 6.42 Å². The molecule has 0 aromatic heterocycles. The van der Waals surface area contributed by atoms with Crippen molar-refractivity contribution in [1.29, 1.82) is 0 Å². The van der Waals surface area contributed by atoms with Gasteiger partial charge in [0.15, 0.2) is 0 Å². The van der Waals surface area contributed by atoms with Crippen LogP contribution in [0.25, 0.3) is 0 Å². The number of likely N-dealkylation sites (N-methyl/N-ethyl adjacent to an activating group) is 1. The van der Waals surface area contributed by atoms with E-state index in [1.54, 1.807) is 0 Å². The highest BCUT2D eigenvalue weighted by molar-refractivity contribution is 5.54. The fourth-order valence-corrected chi connectivity index (χ4v) is 1.31. The molecule has 0 aliphatic heterocycles. The van der Waals surface area contributed by atoms with Crippen LogP contribution in [0.3, 0.4) is 0 Å².